The van der Waals surface area contributed by atoms with Gasteiger partial charge >= 0.3 is 5.97 Å². The minimum absolute atomic E-state index is 0.0123. The topological polar surface area (TPSA) is 139 Å². The summed E-state index contributed by atoms with van der Waals surface area (Å²) in [7, 11) is 2.41. The molecule has 0 aromatic carbocycles. The van der Waals surface area contributed by atoms with E-state index in [9.17, 15) is 24.5 Å². The molecule has 29 heavy (non-hydrogen) atoms. The fourth-order valence-electron chi connectivity index (χ4n) is 2.79. The van der Waals surface area contributed by atoms with E-state index in [2.05, 4.69) is 30.6 Å². The van der Waals surface area contributed by atoms with E-state index in [1.807, 2.05) is 0 Å². The number of ketones is 2. The predicted molar refractivity (Wildman–Crippen MR) is 102 cm³/mol. The molecule has 0 radical (unpaired) electrons. The Hall–Kier alpha value is -3.47. The zero-order valence-corrected chi connectivity index (χ0v) is 16.9. The van der Waals surface area contributed by atoms with Crippen molar-refractivity contribution in [3.8, 4) is 11.4 Å². The molecule has 0 spiro atoms. The number of nitrogens with zero attached hydrogens (tertiary/aromatic N) is 3. The molecule has 2 aromatic rings. The van der Waals surface area contributed by atoms with Crippen molar-refractivity contribution in [2.24, 2.45) is 0 Å². The summed E-state index contributed by atoms with van der Waals surface area (Å²) in [5, 5.41) is 11.5. The summed E-state index contributed by atoms with van der Waals surface area (Å²) >= 11 is 3.02. The van der Waals surface area contributed by atoms with E-state index >= 15 is 0 Å². The van der Waals surface area contributed by atoms with Crippen molar-refractivity contribution in [3.63, 3.8) is 0 Å². The Morgan fingerprint density at radius 3 is 2.41 bits per heavy atom. The van der Waals surface area contributed by atoms with Crippen LogP contribution in [0.15, 0.2) is 28.4 Å². The number of esters is 1. The van der Waals surface area contributed by atoms with Crippen LogP contribution < -0.4 is 0 Å². The number of ether oxygens (including phenoxy) is 2. The van der Waals surface area contributed by atoms with Gasteiger partial charge in [0.15, 0.2) is 17.1 Å². The van der Waals surface area contributed by atoms with Gasteiger partial charge in [0.05, 0.1) is 30.4 Å². The lowest BCUT2D eigenvalue weighted by atomic mass is 9.97. The lowest BCUT2D eigenvalue weighted by Gasteiger charge is -2.16. The van der Waals surface area contributed by atoms with Crippen molar-refractivity contribution >= 4 is 39.2 Å². The molecule has 2 aromatic heterocycles. The van der Waals surface area contributed by atoms with Crippen molar-refractivity contribution in [1.82, 2.24) is 9.97 Å². The smallest absolute Gasteiger partial charge is 0.356 e. The molecular formula is C18H12BrN3O7. The quantitative estimate of drug-likeness (QED) is 0.381. The Bertz CT molecular complexity index is 1140. The molecule has 0 saturated heterocycles. The highest BCUT2D eigenvalue weighted by atomic mass is 79.9. The van der Waals surface area contributed by atoms with Gasteiger partial charge in [-0.15, -0.1) is 0 Å². The van der Waals surface area contributed by atoms with Gasteiger partial charge in [-0.3, -0.25) is 19.7 Å². The van der Waals surface area contributed by atoms with Gasteiger partial charge in [-0.25, -0.2) is 14.8 Å². The Labute approximate surface area is 171 Å². The lowest BCUT2D eigenvalue weighted by Crippen LogP contribution is -2.22. The number of methoxy groups -OCH3 is 2. The Balaban J connectivity index is 2.25. The number of fused-ring (bicyclic) bond motifs is 1. The first-order valence-corrected chi connectivity index (χ1v) is 8.79. The van der Waals surface area contributed by atoms with Gasteiger partial charge in [0.25, 0.3) is 5.69 Å². The summed E-state index contributed by atoms with van der Waals surface area (Å²) in [6, 6.07) is 3.78. The van der Waals surface area contributed by atoms with Gasteiger partial charge < -0.3 is 9.47 Å². The van der Waals surface area contributed by atoms with E-state index in [0.717, 1.165) is 7.11 Å². The maximum Gasteiger partial charge on any atom is 0.356 e. The van der Waals surface area contributed by atoms with Crippen molar-refractivity contribution in [2.45, 2.75) is 6.92 Å². The van der Waals surface area contributed by atoms with Gasteiger partial charge in [-0.2, -0.15) is 0 Å². The van der Waals surface area contributed by atoms with Crippen LogP contribution in [0.4, 0.5) is 5.69 Å². The summed E-state index contributed by atoms with van der Waals surface area (Å²) in [6.07, 6.45) is 0. The monoisotopic (exact) mass is 461 g/mol. The largest absolute Gasteiger partial charge is 0.491 e. The molecule has 10 nitrogen and oxygen atoms in total. The average Bonchev–Trinajstić information content (AvgIpc) is 2.71. The summed E-state index contributed by atoms with van der Waals surface area (Å²) in [5.74, 6) is -2.13. The van der Waals surface area contributed by atoms with Gasteiger partial charge in [-0.05, 0) is 40.5 Å². The third-order valence-corrected chi connectivity index (χ3v) is 4.90. The van der Waals surface area contributed by atoms with E-state index in [1.54, 1.807) is 0 Å². The van der Waals surface area contributed by atoms with Gasteiger partial charge in [-0.1, -0.05) is 0 Å². The fourth-order valence-corrected chi connectivity index (χ4v) is 3.32. The number of carbonyl (C=O) groups is 3. The first-order chi connectivity index (χ1) is 13.7. The highest BCUT2D eigenvalue weighted by Crippen LogP contribution is 2.33. The average molecular weight is 462 g/mol. The minimum atomic E-state index is -0.779. The van der Waals surface area contributed by atoms with Crippen molar-refractivity contribution in [2.75, 3.05) is 14.2 Å². The Morgan fingerprint density at radius 2 is 1.83 bits per heavy atom. The van der Waals surface area contributed by atoms with Crippen LogP contribution in [-0.2, 0) is 9.47 Å². The number of aryl methyl sites for hydroxylation is 1. The number of aromatic nitrogens is 2. The van der Waals surface area contributed by atoms with E-state index in [1.165, 1.54) is 32.2 Å². The predicted octanol–water partition coefficient (Wildman–Crippen LogP) is 2.78. The second kappa shape index (κ2) is 7.51. The molecule has 11 heteroatoms. The first-order valence-electron chi connectivity index (χ1n) is 8.00. The summed E-state index contributed by atoms with van der Waals surface area (Å²) in [6.45, 7) is 1.48. The minimum Gasteiger partial charge on any atom is -0.491 e. The number of hydrogen-bond acceptors (Lipinski definition) is 9. The van der Waals surface area contributed by atoms with E-state index in [0.29, 0.717) is 0 Å². The Morgan fingerprint density at radius 1 is 1.14 bits per heavy atom. The molecule has 0 N–H and O–H groups in total. The maximum atomic E-state index is 12.6. The number of hydrogen-bond donors (Lipinski definition) is 0. The number of Topliss-reactive ketones (excluding diaryl/α,β-unsaturated/α-hetero) is 2. The molecular weight excluding hydrogens is 450 g/mol. The molecule has 148 valence electrons. The van der Waals surface area contributed by atoms with Crippen LogP contribution >= 0.6 is 15.9 Å². The number of carbonyl (C=O) groups excluding carboxylic acids is 3. The van der Waals surface area contributed by atoms with Crippen LogP contribution in [0.1, 0.15) is 36.9 Å². The lowest BCUT2D eigenvalue weighted by molar-refractivity contribution is -0.384. The van der Waals surface area contributed by atoms with E-state index in [4.69, 9.17) is 4.74 Å². The molecule has 0 saturated carbocycles. The summed E-state index contributed by atoms with van der Waals surface area (Å²) in [5.41, 5.74) is -0.808. The van der Waals surface area contributed by atoms with Gasteiger partial charge in [0.1, 0.15) is 10.2 Å². The molecule has 0 aliphatic heterocycles. The van der Waals surface area contributed by atoms with E-state index in [-0.39, 0.29) is 44.1 Å². The summed E-state index contributed by atoms with van der Waals surface area (Å²) in [4.78, 5) is 56.0. The maximum absolute atomic E-state index is 12.6. The molecule has 0 fully saturated rings. The van der Waals surface area contributed by atoms with Crippen molar-refractivity contribution in [3.05, 3.63) is 61.1 Å². The first kappa shape index (κ1) is 20.3. The van der Waals surface area contributed by atoms with Crippen LogP contribution in [0.5, 0.6) is 0 Å². The van der Waals surface area contributed by atoms with Gasteiger partial charge in [0, 0.05) is 6.07 Å². The molecule has 0 unspecified atom stereocenters. The SMILES string of the molecule is COC(=O)c1nc(-c2ccc3c(n2)C(=O)C(Br)=C(OC)C3=O)c([N+](=O)[O-])cc1C. The normalized spacial score (nSPS) is 13.2. The fraction of sp³-hybridized carbons (Fsp3) is 0.167. The third kappa shape index (κ3) is 3.29. The molecule has 0 amide bonds. The van der Waals surface area contributed by atoms with Crippen LogP contribution in [0.2, 0.25) is 0 Å². The number of pyridine rings is 2. The zero-order valence-electron chi connectivity index (χ0n) is 15.3. The standard InChI is InChI=1S/C18H12BrN3O7/c1-7-6-10(22(26)27)14(21-12(7)18(25)29-3)9-5-4-8-13(20-9)16(24)11(19)17(28-2)15(8)23/h4-6H,1-3H3. The van der Waals surface area contributed by atoms with E-state index < -0.39 is 28.1 Å². The van der Waals surface area contributed by atoms with Crippen molar-refractivity contribution in [1.29, 1.82) is 0 Å². The van der Waals surface area contributed by atoms with Crippen molar-refractivity contribution < 1.29 is 28.8 Å². The van der Waals surface area contributed by atoms with Gasteiger partial charge in [0.2, 0.25) is 11.6 Å². The molecule has 0 atom stereocenters. The Kier molecular flexibility index (Phi) is 5.25. The molecule has 3 rings (SSSR count). The van der Waals surface area contributed by atoms with Crippen LogP contribution in [0.3, 0.4) is 0 Å². The highest BCUT2D eigenvalue weighted by molar-refractivity contribution is 9.12. The zero-order chi connectivity index (χ0) is 21.5. The van der Waals surface area contributed by atoms with Crippen LogP contribution in [0.25, 0.3) is 11.4 Å². The molecule has 0 bridgehead atoms. The highest BCUT2D eigenvalue weighted by Gasteiger charge is 2.34. The number of halogens is 1. The second-order valence-corrected chi connectivity index (χ2v) is 6.66. The number of allylic oxidation sites excluding steroid dienone is 2. The molecule has 2 heterocycles. The third-order valence-electron chi connectivity index (χ3n) is 4.18. The number of rotatable bonds is 4. The van der Waals surface area contributed by atoms with Crippen LogP contribution in [0, 0.1) is 17.0 Å². The number of nitro groups is 1. The molecule has 1 aliphatic carbocycles. The second-order valence-electron chi connectivity index (χ2n) is 5.87. The molecule has 1 aliphatic rings. The van der Waals surface area contributed by atoms with Crippen LogP contribution in [-0.4, -0.2) is 46.6 Å². The summed E-state index contributed by atoms with van der Waals surface area (Å²) < 4.78 is 9.50.